The number of ether oxygens (including phenoxy) is 1. The Morgan fingerprint density at radius 2 is 2.00 bits per heavy atom. The summed E-state index contributed by atoms with van der Waals surface area (Å²) in [4.78, 5) is 33.4. The predicted octanol–water partition coefficient (Wildman–Crippen LogP) is 4.25. The van der Waals surface area contributed by atoms with Gasteiger partial charge in [-0.15, -0.1) is 11.8 Å². The molecule has 1 amide bonds. The highest BCUT2D eigenvalue weighted by Crippen LogP contribution is 2.32. The van der Waals surface area contributed by atoms with Gasteiger partial charge in [-0.1, -0.05) is 47.7 Å². The van der Waals surface area contributed by atoms with Crippen LogP contribution in [0, 0.1) is 0 Å². The summed E-state index contributed by atoms with van der Waals surface area (Å²) in [6.07, 6.45) is 3.50. The summed E-state index contributed by atoms with van der Waals surface area (Å²) < 4.78 is 5.13. The quantitative estimate of drug-likeness (QED) is 0.556. The fraction of sp³-hybridized carbons (Fsp3) is 0.200. The van der Waals surface area contributed by atoms with Crippen LogP contribution in [0.1, 0.15) is 22.2 Å². The standard InChI is InChI=1S/C20H19N3O3S2/c1-2-26-19(25)18-17(15-8-4-3-5-9-15)23-20(28-18)22-16(24)13-27-12-14-7-6-10-21-11-14/h3-11H,2,12-13H2,1H3,(H,22,23,24). The molecule has 1 N–H and O–H groups in total. The van der Waals surface area contributed by atoms with Gasteiger partial charge in [0.2, 0.25) is 5.91 Å². The van der Waals surface area contributed by atoms with Crippen LogP contribution in [0.2, 0.25) is 0 Å². The molecule has 3 aromatic rings. The number of hydrogen-bond acceptors (Lipinski definition) is 7. The maximum atomic E-state index is 12.3. The Balaban J connectivity index is 1.67. The van der Waals surface area contributed by atoms with Crippen molar-refractivity contribution in [3.63, 3.8) is 0 Å². The van der Waals surface area contributed by atoms with Crippen LogP contribution in [-0.2, 0) is 15.3 Å². The van der Waals surface area contributed by atoms with Crippen LogP contribution < -0.4 is 5.32 Å². The number of pyridine rings is 1. The molecule has 8 heteroatoms. The minimum Gasteiger partial charge on any atom is -0.462 e. The zero-order valence-electron chi connectivity index (χ0n) is 15.3. The molecule has 0 fully saturated rings. The lowest BCUT2D eigenvalue weighted by atomic mass is 10.1. The average molecular weight is 414 g/mol. The number of nitrogens with zero attached hydrogens (tertiary/aromatic N) is 2. The molecular weight excluding hydrogens is 394 g/mol. The molecule has 6 nitrogen and oxygen atoms in total. The lowest BCUT2D eigenvalue weighted by Crippen LogP contribution is -2.14. The zero-order chi connectivity index (χ0) is 19.8. The van der Waals surface area contributed by atoms with Gasteiger partial charge in [-0.05, 0) is 18.6 Å². The normalized spacial score (nSPS) is 10.5. The number of carbonyl (C=O) groups excluding carboxylic acids is 2. The molecule has 0 aliphatic heterocycles. The fourth-order valence-corrected chi connectivity index (χ4v) is 4.06. The Labute approximate surface area is 171 Å². The van der Waals surface area contributed by atoms with Gasteiger partial charge in [-0.25, -0.2) is 9.78 Å². The van der Waals surface area contributed by atoms with Crippen molar-refractivity contribution in [3.05, 3.63) is 65.3 Å². The number of thioether (sulfide) groups is 1. The Kier molecular flexibility index (Phi) is 7.16. The summed E-state index contributed by atoms with van der Waals surface area (Å²) in [7, 11) is 0. The number of amides is 1. The number of aromatic nitrogens is 2. The molecule has 0 saturated heterocycles. The molecule has 0 aliphatic carbocycles. The molecule has 0 unspecified atom stereocenters. The summed E-state index contributed by atoms with van der Waals surface area (Å²) in [5.74, 6) is 0.370. The van der Waals surface area contributed by atoms with Gasteiger partial charge >= 0.3 is 5.97 Å². The van der Waals surface area contributed by atoms with E-state index >= 15 is 0 Å². The highest BCUT2D eigenvalue weighted by molar-refractivity contribution is 7.99. The third-order valence-electron chi connectivity index (χ3n) is 3.61. The maximum Gasteiger partial charge on any atom is 0.350 e. The van der Waals surface area contributed by atoms with E-state index in [9.17, 15) is 9.59 Å². The third kappa shape index (κ3) is 5.40. The van der Waals surface area contributed by atoms with Gasteiger partial charge in [0.15, 0.2) is 5.13 Å². The topological polar surface area (TPSA) is 81.2 Å². The monoisotopic (exact) mass is 413 g/mol. The number of carbonyl (C=O) groups is 2. The van der Waals surface area contributed by atoms with Crippen LogP contribution in [0.4, 0.5) is 5.13 Å². The van der Waals surface area contributed by atoms with Crippen molar-refractivity contribution < 1.29 is 14.3 Å². The lowest BCUT2D eigenvalue weighted by molar-refractivity contribution is -0.113. The van der Waals surface area contributed by atoms with Gasteiger partial charge in [0.05, 0.1) is 18.1 Å². The van der Waals surface area contributed by atoms with E-state index in [2.05, 4.69) is 15.3 Å². The van der Waals surface area contributed by atoms with Crippen LogP contribution in [0.25, 0.3) is 11.3 Å². The molecule has 0 saturated carbocycles. The van der Waals surface area contributed by atoms with Gasteiger partial charge < -0.3 is 10.1 Å². The first-order valence-electron chi connectivity index (χ1n) is 8.67. The number of hydrogen-bond donors (Lipinski definition) is 1. The van der Waals surface area contributed by atoms with Crippen LogP contribution in [0.5, 0.6) is 0 Å². The minimum absolute atomic E-state index is 0.169. The van der Waals surface area contributed by atoms with Crippen LogP contribution in [0.3, 0.4) is 0 Å². The first-order chi connectivity index (χ1) is 13.7. The summed E-state index contributed by atoms with van der Waals surface area (Å²) in [5, 5.41) is 3.16. The van der Waals surface area contributed by atoms with Gasteiger partial charge in [-0.2, -0.15) is 0 Å². The Morgan fingerprint density at radius 1 is 1.18 bits per heavy atom. The number of esters is 1. The first kappa shape index (κ1) is 20.0. The van der Waals surface area contributed by atoms with Crippen molar-refractivity contribution in [2.45, 2.75) is 12.7 Å². The van der Waals surface area contributed by atoms with Crippen LogP contribution in [-0.4, -0.2) is 34.2 Å². The van der Waals surface area contributed by atoms with Gasteiger partial charge in [-0.3, -0.25) is 9.78 Å². The number of rotatable bonds is 8. The molecule has 28 heavy (non-hydrogen) atoms. The summed E-state index contributed by atoms with van der Waals surface area (Å²) in [6, 6.07) is 13.2. The van der Waals surface area contributed by atoms with E-state index in [1.54, 1.807) is 19.3 Å². The molecule has 0 spiro atoms. The van der Waals surface area contributed by atoms with Crippen molar-refractivity contribution in [3.8, 4) is 11.3 Å². The summed E-state index contributed by atoms with van der Waals surface area (Å²) in [6.45, 7) is 2.03. The van der Waals surface area contributed by atoms with E-state index in [4.69, 9.17) is 4.74 Å². The van der Waals surface area contributed by atoms with Crippen LogP contribution >= 0.6 is 23.1 Å². The van der Waals surface area contributed by atoms with Crippen molar-refractivity contribution >= 4 is 40.1 Å². The second-order valence-electron chi connectivity index (χ2n) is 5.69. The van der Waals surface area contributed by atoms with E-state index in [-0.39, 0.29) is 18.3 Å². The minimum atomic E-state index is -0.440. The number of benzene rings is 1. The molecule has 144 valence electrons. The van der Waals surface area contributed by atoms with Gasteiger partial charge in [0.25, 0.3) is 0 Å². The lowest BCUT2D eigenvalue weighted by Gasteiger charge is -2.02. The Bertz CT molecular complexity index is 930. The molecule has 3 rings (SSSR count). The smallest absolute Gasteiger partial charge is 0.350 e. The van der Waals surface area contributed by atoms with Crippen molar-refractivity contribution in [2.24, 2.45) is 0 Å². The van der Waals surface area contributed by atoms with Gasteiger partial charge in [0, 0.05) is 23.7 Å². The van der Waals surface area contributed by atoms with E-state index in [0.717, 1.165) is 22.5 Å². The van der Waals surface area contributed by atoms with Crippen molar-refractivity contribution in [1.29, 1.82) is 0 Å². The van der Waals surface area contributed by atoms with E-state index in [0.29, 0.717) is 21.5 Å². The third-order valence-corrected chi connectivity index (χ3v) is 5.56. The maximum absolute atomic E-state index is 12.3. The summed E-state index contributed by atoms with van der Waals surface area (Å²) in [5.41, 5.74) is 2.38. The van der Waals surface area contributed by atoms with E-state index in [1.807, 2.05) is 42.5 Å². The highest BCUT2D eigenvalue weighted by Gasteiger charge is 2.21. The van der Waals surface area contributed by atoms with E-state index < -0.39 is 5.97 Å². The molecule has 2 heterocycles. The number of anilines is 1. The van der Waals surface area contributed by atoms with Crippen molar-refractivity contribution in [1.82, 2.24) is 9.97 Å². The second kappa shape index (κ2) is 10.0. The zero-order valence-corrected chi connectivity index (χ0v) is 16.9. The van der Waals surface area contributed by atoms with Crippen molar-refractivity contribution in [2.75, 3.05) is 17.7 Å². The Morgan fingerprint density at radius 3 is 2.71 bits per heavy atom. The first-order valence-corrected chi connectivity index (χ1v) is 10.6. The summed E-state index contributed by atoms with van der Waals surface area (Å²) >= 11 is 2.61. The molecule has 0 radical (unpaired) electrons. The largest absolute Gasteiger partial charge is 0.462 e. The second-order valence-corrected chi connectivity index (χ2v) is 7.67. The van der Waals surface area contributed by atoms with Crippen LogP contribution in [0.15, 0.2) is 54.9 Å². The average Bonchev–Trinajstić information content (AvgIpc) is 3.13. The molecular formula is C20H19N3O3S2. The Hall–Kier alpha value is -2.71. The predicted molar refractivity (Wildman–Crippen MR) is 113 cm³/mol. The van der Waals surface area contributed by atoms with Gasteiger partial charge in [0.1, 0.15) is 4.88 Å². The fourth-order valence-electron chi connectivity index (χ4n) is 2.40. The number of thiazole rings is 1. The SMILES string of the molecule is CCOC(=O)c1sc(NC(=O)CSCc2cccnc2)nc1-c1ccccc1. The van der Waals surface area contributed by atoms with E-state index in [1.165, 1.54) is 11.8 Å². The molecule has 0 atom stereocenters. The highest BCUT2D eigenvalue weighted by atomic mass is 32.2. The molecule has 2 aromatic heterocycles. The molecule has 1 aromatic carbocycles. The number of nitrogens with one attached hydrogen (secondary N) is 1. The molecule has 0 aliphatic rings. The molecule has 0 bridgehead atoms.